The Labute approximate surface area is 153 Å². The van der Waals surface area contributed by atoms with E-state index in [0.717, 1.165) is 0 Å². The van der Waals surface area contributed by atoms with Crippen LogP contribution < -0.4 is 5.32 Å². The molecule has 5 nitrogen and oxygen atoms in total. The quantitative estimate of drug-likeness (QED) is 0.635. The van der Waals surface area contributed by atoms with Crippen LogP contribution in [0.25, 0.3) is 10.9 Å². The van der Waals surface area contributed by atoms with Gasteiger partial charge in [-0.15, -0.1) is 0 Å². The van der Waals surface area contributed by atoms with E-state index < -0.39 is 11.9 Å². The monoisotopic (exact) mass is 376 g/mol. The topological polar surface area (TPSA) is 71.2 Å². The fourth-order valence-corrected chi connectivity index (χ4v) is 2.88. The number of esters is 1. The lowest BCUT2D eigenvalue weighted by Gasteiger charge is -2.07. The lowest BCUT2D eigenvalue weighted by molar-refractivity contribution is 0.0526. The number of anilines is 1. The number of fused-ring (bicyclic) bond motifs is 1. The van der Waals surface area contributed by atoms with Crippen molar-refractivity contribution in [2.24, 2.45) is 0 Å². The van der Waals surface area contributed by atoms with Crippen molar-refractivity contribution in [2.45, 2.75) is 6.92 Å². The first kappa shape index (κ1) is 17.3. The normalized spacial score (nSPS) is 10.7. The van der Waals surface area contributed by atoms with Gasteiger partial charge in [-0.05, 0) is 43.3 Å². The minimum absolute atomic E-state index is 0.223. The number of aromatic nitrogens is 1. The SMILES string of the molecule is CCOC(=O)c1cccc(NC(=O)c2[nH]c3ccc(Cl)cc3c2Cl)c1. The van der Waals surface area contributed by atoms with Crippen LogP contribution in [0.15, 0.2) is 42.5 Å². The number of halogens is 2. The van der Waals surface area contributed by atoms with E-state index in [1.54, 1.807) is 49.4 Å². The van der Waals surface area contributed by atoms with Gasteiger partial charge in [0.2, 0.25) is 0 Å². The second-order valence-corrected chi connectivity index (χ2v) is 6.07. The molecule has 0 atom stereocenters. The minimum Gasteiger partial charge on any atom is -0.462 e. The molecule has 7 heteroatoms. The number of rotatable bonds is 4. The average Bonchev–Trinajstić information content (AvgIpc) is 2.92. The molecular formula is C18H14Cl2N2O3. The fourth-order valence-electron chi connectivity index (χ4n) is 2.42. The van der Waals surface area contributed by atoms with Crippen molar-refractivity contribution in [1.82, 2.24) is 4.98 Å². The van der Waals surface area contributed by atoms with Crippen LogP contribution >= 0.6 is 23.2 Å². The van der Waals surface area contributed by atoms with E-state index >= 15 is 0 Å². The van der Waals surface area contributed by atoms with Gasteiger partial charge in [-0.1, -0.05) is 29.3 Å². The molecule has 0 saturated carbocycles. The summed E-state index contributed by atoms with van der Waals surface area (Å²) in [6.45, 7) is 2.01. The van der Waals surface area contributed by atoms with Crippen molar-refractivity contribution in [1.29, 1.82) is 0 Å². The number of benzene rings is 2. The Morgan fingerprint density at radius 2 is 1.96 bits per heavy atom. The molecular weight excluding hydrogens is 363 g/mol. The Balaban J connectivity index is 1.87. The number of H-pyrrole nitrogens is 1. The highest BCUT2D eigenvalue weighted by Gasteiger charge is 2.17. The van der Waals surface area contributed by atoms with Crippen LogP contribution in [0.4, 0.5) is 5.69 Å². The summed E-state index contributed by atoms with van der Waals surface area (Å²) < 4.78 is 4.95. The number of aromatic amines is 1. The van der Waals surface area contributed by atoms with Crippen LogP contribution in [0.2, 0.25) is 10.0 Å². The van der Waals surface area contributed by atoms with E-state index in [0.29, 0.717) is 27.2 Å². The third-order valence-electron chi connectivity index (χ3n) is 3.56. The van der Waals surface area contributed by atoms with Gasteiger partial charge >= 0.3 is 5.97 Å². The van der Waals surface area contributed by atoms with Crippen molar-refractivity contribution in [3.63, 3.8) is 0 Å². The Morgan fingerprint density at radius 1 is 1.16 bits per heavy atom. The maximum absolute atomic E-state index is 12.5. The second kappa shape index (κ2) is 7.17. The van der Waals surface area contributed by atoms with E-state index in [-0.39, 0.29) is 17.3 Å². The van der Waals surface area contributed by atoms with Gasteiger partial charge in [0.15, 0.2) is 0 Å². The molecule has 3 rings (SSSR count). The fraction of sp³-hybridized carbons (Fsp3) is 0.111. The van der Waals surface area contributed by atoms with Crippen molar-refractivity contribution >= 4 is 51.7 Å². The summed E-state index contributed by atoms with van der Waals surface area (Å²) >= 11 is 12.3. The van der Waals surface area contributed by atoms with Gasteiger partial charge in [0.1, 0.15) is 5.69 Å². The molecule has 0 fully saturated rings. The van der Waals surface area contributed by atoms with Crippen LogP contribution in [0.3, 0.4) is 0 Å². The first-order chi connectivity index (χ1) is 12.0. The van der Waals surface area contributed by atoms with Crippen LogP contribution in [0.1, 0.15) is 27.8 Å². The molecule has 3 aromatic rings. The lowest BCUT2D eigenvalue weighted by atomic mass is 10.2. The van der Waals surface area contributed by atoms with Crippen LogP contribution in [-0.2, 0) is 4.74 Å². The maximum Gasteiger partial charge on any atom is 0.338 e. The van der Waals surface area contributed by atoms with Gasteiger partial charge in [0.05, 0.1) is 17.2 Å². The molecule has 128 valence electrons. The zero-order chi connectivity index (χ0) is 18.0. The average molecular weight is 377 g/mol. The number of ether oxygens (including phenoxy) is 1. The predicted octanol–water partition coefficient (Wildman–Crippen LogP) is 4.90. The Bertz CT molecular complexity index is 966. The van der Waals surface area contributed by atoms with E-state index in [1.807, 2.05) is 0 Å². The summed E-state index contributed by atoms with van der Waals surface area (Å²) in [7, 11) is 0. The van der Waals surface area contributed by atoms with Gasteiger partial charge in [0.25, 0.3) is 5.91 Å². The number of carbonyl (C=O) groups is 2. The van der Waals surface area contributed by atoms with Crippen LogP contribution in [0, 0.1) is 0 Å². The molecule has 0 spiro atoms. The van der Waals surface area contributed by atoms with Gasteiger partial charge in [-0.3, -0.25) is 4.79 Å². The van der Waals surface area contributed by atoms with E-state index in [1.165, 1.54) is 0 Å². The molecule has 0 bridgehead atoms. The van der Waals surface area contributed by atoms with Gasteiger partial charge in [-0.25, -0.2) is 4.79 Å². The van der Waals surface area contributed by atoms with Gasteiger partial charge in [-0.2, -0.15) is 0 Å². The zero-order valence-corrected chi connectivity index (χ0v) is 14.7. The summed E-state index contributed by atoms with van der Waals surface area (Å²) in [6.07, 6.45) is 0. The van der Waals surface area contributed by atoms with Gasteiger partial charge in [0, 0.05) is 21.6 Å². The largest absolute Gasteiger partial charge is 0.462 e. The Morgan fingerprint density at radius 3 is 2.72 bits per heavy atom. The maximum atomic E-state index is 12.5. The molecule has 0 aliphatic rings. The van der Waals surface area contributed by atoms with Crippen LogP contribution in [0.5, 0.6) is 0 Å². The highest BCUT2D eigenvalue weighted by atomic mass is 35.5. The number of nitrogens with one attached hydrogen (secondary N) is 2. The summed E-state index contributed by atoms with van der Waals surface area (Å²) in [5.41, 5.74) is 1.75. The molecule has 25 heavy (non-hydrogen) atoms. The van der Waals surface area contributed by atoms with Crippen molar-refractivity contribution in [3.05, 3.63) is 63.8 Å². The first-order valence-corrected chi connectivity index (χ1v) is 8.30. The standard InChI is InChI=1S/C18H14Cl2N2O3/c1-2-25-18(24)10-4-3-5-12(8-10)21-17(23)16-15(20)13-9-11(19)6-7-14(13)22-16/h3-9,22H,2H2,1H3,(H,21,23). The molecule has 0 radical (unpaired) electrons. The number of carbonyl (C=O) groups excluding carboxylic acids is 2. The smallest absolute Gasteiger partial charge is 0.338 e. The highest BCUT2D eigenvalue weighted by Crippen LogP contribution is 2.30. The molecule has 2 aromatic carbocycles. The Hall–Kier alpha value is -2.50. The predicted molar refractivity (Wildman–Crippen MR) is 98.7 cm³/mol. The summed E-state index contributed by atoms with van der Waals surface area (Å²) in [5.74, 6) is -0.866. The first-order valence-electron chi connectivity index (χ1n) is 7.55. The zero-order valence-electron chi connectivity index (χ0n) is 13.2. The summed E-state index contributed by atoms with van der Waals surface area (Å²) in [4.78, 5) is 27.3. The Kier molecular flexibility index (Phi) is 4.97. The van der Waals surface area contributed by atoms with Crippen molar-refractivity contribution < 1.29 is 14.3 Å². The highest BCUT2D eigenvalue weighted by molar-refractivity contribution is 6.40. The number of hydrogen-bond donors (Lipinski definition) is 2. The molecule has 0 saturated heterocycles. The lowest BCUT2D eigenvalue weighted by Crippen LogP contribution is -2.13. The van der Waals surface area contributed by atoms with Crippen LogP contribution in [-0.4, -0.2) is 23.5 Å². The molecule has 2 N–H and O–H groups in total. The van der Waals surface area contributed by atoms with Gasteiger partial charge < -0.3 is 15.0 Å². The second-order valence-electron chi connectivity index (χ2n) is 5.26. The number of hydrogen-bond acceptors (Lipinski definition) is 3. The van der Waals surface area contributed by atoms with E-state index in [9.17, 15) is 9.59 Å². The van der Waals surface area contributed by atoms with E-state index in [4.69, 9.17) is 27.9 Å². The molecule has 0 unspecified atom stereocenters. The third-order valence-corrected chi connectivity index (χ3v) is 4.18. The van der Waals surface area contributed by atoms with E-state index in [2.05, 4.69) is 10.3 Å². The number of amides is 1. The molecule has 0 aliphatic carbocycles. The van der Waals surface area contributed by atoms with Crippen molar-refractivity contribution in [3.8, 4) is 0 Å². The molecule has 1 amide bonds. The third kappa shape index (κ3) is 3.62. The summed E-state index contributed by atoms with van der Waals surface area (Å²) in [5, 5.41) is 4.20. The van der Waals surface area contributed by atoms with Crippen molar-refractivity contribution in [2.75, 3.05) is 11.9 Å². The summed E-state index contributed by atoms with van der Waals surface area (Å²) in [6, 6.07) is 11.6. The molecule has 0 aliphatic heterocycles. The molecule has 1 heterocycles. The minimum atomic E-state index is -0.447. The molecule has 1 aromatic heterocycles.